The predicted octanol–water partition coefficient (Wildman–Crippen LogP) is 4.16. The Kier molecular flexibility index (Phi) is 4.61. The van der Waals surface area contributed by atoms with E-state index >= 15 is 0 Å². The van der Waals surface area contributed by atoms with Crippen molar-refractivity contribution in [3.63, 3.8) is 0 Å². The number of rotatable bonds is 3. The van der Waals surface area contributed by atoms with Crippen LogP contribution in [0.3, 0.4) is 0 Å². The Bertz CT molecular complexity index is 391. The van der Waals surface area contributed by atoms with Gasteiger partial charge in [-0.25, -0.2) is 0 Å². The molecular weight excluding hydrogens is 208 g/mol. The molecule has 0 heterocycles. The van der Waals surface area contributed by atoms with E-state index in [0.717, 1.165) is 5.56 Å². The van der Waals surface area contributed by atoms with Gasteiger partial charge in [0.25, 0.3) is 0 Å². The lowest BCUT2D eigenvalue weighted by Gasteiger charge is -2.10. The zero-order chi connectivity index (χ0) is 11.9. The van der Waals surface area contributed by atoms with Crippen LogP contribution in [-0.4, -0.2) is 5.11 Å². The van der Waals surface area contributed by atoms with Gasteiger partial charge in [-0.15, -0.1) is 5.73 Å². The van der Waals surface area contributed by atoms with E-state index in [1.54, 1.807) is 0 Å². The van der Waals surface area contributed by atoms with Crippen molar-refractivity contribution in [2.45, 2.75) is 44.6 Å². The Labute approximate surface area is 103 Å². The lowest BCUT2D eigenvalue weighted by molar-refractivity contribution is 0.181. The van der Waals surface area contributed by atoms with Gasteiger partial charge in [-0.05, 0) is 42.9 Å². The molecule has 0 aliphatic heterocycles. The summed E-state index contributed by atoms with van der Waals surface area (Å²) in [5, 5.41) is 9.97. The summed E-state index contributed by atoms with van der Waals surface area (Å²) in [6.45, 7) is 0. The first kappa shape index (κ1) is 12.2. The minimum Gasteiger partial charge on any atom is -0.388 e. The molecule has 0 saturated heterocycles. The Hall–Kier alpha value is -1.30. The average Bonchev–Trinajstić information content (AvgIpc) is 2.41. The maximum Gasteiger partial charge on any atom is 0.0830 e. The van der Waals surface area contributed by atoms with Crippen LogP contribution in [0.4, 0.5) is 0 Å². The Morgan fingerprint density at radius 2 is 1.82 bits per heavy atom. The molecule has 1 aromatic rings. The van der Waals surface area contributed by atoms with E-state index in [1.165, 1.54) is 37.7 Å². The molecule has 1 heteroatoms. The van der Waals surface area contributed by atoms with Gasteiger partial charge < -0.3 is 5.11 Å². The van der Waals surface area contributed by atoms with Crippen LogP contribution in [0.1, 0.15) is 50.2 Å². The summed E-state index contributed by atoms with van der Waals surface area (Å²) in [7, 11) is 0. The van der Waals surface area contributed by atoms with Crippen molar-refractivity contribution in [3.05, 3.63) is 53.3 Å². The van der Waals surface area contributed by atoms with Crippen molar-refractivity contribution in [1.82, 2.24) is 0 Å². The number of hydrogen-bond donors (Lipinski definition) is 1. The predicted molar refractivity (Wildman–Crippen MR) is 70.7 cm³/mol. The molecule has 1 aliphatic carbocycles. The highest BCUT2D eigenvalue weighted by atomic mass is 16.3. The van der Waals surface area contributed by atoms with Crippen LogP contribution in [-0.2, 0) is 0 Å². The third-order valence-corrected chi connectivity index (χ3v) is 3.29. The normalized spacial score (nSPS) is 17.4. The molecule has 1 saturated carbocycles. The van der Waals surface area contributed by atoms with Crippen molar-refractivity contribution in [2.24, 2.45) is 0 Å². The Balaban J connectivity index is 1.91. The van der Waals surface area contributed by atoms with Crippen molar-refractivity contribution < 1.29 is 5.11 Å². The zero-order valence-electron chi connectivity index (χ0n) is 10.2. The molecule has 17 heavy (non-hydrogen) atoms. The standard InChI is InChI=1S/C16H20O/c17-16(15-11-5-2-6-12-15)13-7-10-14-8-3-1-4-9-14/h2,5-7,11-12,16-17H,1,3-4,8-9,13H2. The maximum absolute atomic E-state index is 9.97. The molecule has 90 valence electrons. The second-order valence-electron chi connectivity index (χ2n) is 4.67. The van der Waals surface area contributed by atoms with E-state index in [9.17, 15) is 5.11 Å². The van der Waals surface area contributed by atoms with Gasteiger partial charge >= 0.3 is 0 Å². The fourth-order valence-electron chi connectivity index (χ4n) is 2.25. The van der Waals surface area contributed by atoms with Crippen molar-refractivity contribution in [3.8, 4) is 0 Å². The monoisotopic (exact) mass is 228 g/mol. The van der Waals surface area contributed by atoms with Gasteiger partial charge in [-0.2, -0.15) is 0 Å². The van der Waals surface area contributed by atoms with Crippen LogP contribution in [0.25, 0.3) is 0 Å². The number of benzene rings is 1. The molecule has 0 aromatic heterocycles. The summed E-state index contributed by atoms with van der Waals surface area (Å²) >= 11 is 0. The topological polar surface area (TPSA) is 20.2 Å². The third kappa shape index (κ3) is 3.89. The average molecular weight is 228 g/mol. The van der Waals surface area contributed by atoms with Crippen LogP contribution in [0, 0.1) is 0 Å². The molecule has 1 aromatic carbocycles. The number of aliphatic hydroxyl groups is 1. The summed E-state index contributed by atoms with van der Waals surface area (Å²) in [5.41, 5.74) is 5.77. The summed E-state index contributed by atoms with van der Waals surface area (Å²) in [4.78, 5) is 0. The van der Waals surface area contributed by atoms with Crippen molar-refractivity contribution in [1.29, 1.82) is 0 Å². The van der Waals surface area contributed by atoms with Crippen LogP contribution in [0.2, 0.25) is 0 Å². The quantitative estimate of drug-likeness (QED) is 0.770. The van der Waals surface area contributed by atoms with Crippen LogP contribution >= 0.6 is 0 Å². The number of hydrogen-bond acceptors (Lipinski definition) is 1. The van der Waals surface area contributed by atoms with Crippen LogP contribution in [0.5, 0.6) is 0 Å². The van der Waals surface area contributed by atoms with Crippen molar-refractivity contribution >= 4 is 0 Å². The van der Waals surface area contributed by atoms with Gasteiger partial charge in [-0.3, -0.25) is 0 Å². The van der Waals surface area contributed by atoms with E-state index in [0.29, 0.717) is 6.42 Å². The molecule has 1 atom stereocenters. The fraction of sp³-hybridized carbons (Fsp3) is 0.438. The van der Waals surface area contributed by atoms with E-state index in [-0.39, 0.29) is 0 Å². The molecule has 1 nitrogen and oxygen atoms in total. The summed E-state index contributed by atoms with van der Waals surface area (Å²) < 4.78 is 0. The first-order chi connectivity index (χ1) is 8.36. The van der Waals surface area contributed by atoms with E-state index < -0.39 is 6.10 Å². The van der Waals surface area contributed by atoms with E-state index in [2.05, 4.69) is 5.73 Å². The Morgan fingerprint density at radius 3 is 2.53 bits per heavy atom. The van der Waals surface area contributed by atoms with Gasteiger partial charge in [0, 0.05) is 6.42 Å². The van der Waals surface area contributed by atoms with Gasteiger partial charge in [0.15, 0.2) is 0 Å². The lowest BCUT2D eigenvalue weighted by Crippen LogP contribution is -1.95. The first-order valence-electron chi connectivity index (χ1n) is 6.52. The molecular formula is C16H20O. The van der Waals surface area contributed by atoms with E-state index in [4.69, 9.17) is 0 Å². The van der Waals surface area contributed by atoms with E-state index in [1.807, 2.05) is 36.4 Å². The summed E-state index contributed by atoms with van der Waals surface area (Å²) in [6, 6.07) is 9.82. The number of aliphatic hydroxyl groups excluding tert-OH is 1. The molecule has 1 aliphatic rings. The maximum atomic E-state index is 9.97. The highest BCUT2D eigenvalue weighted by Crippen LogP contribution is 2.22. The van der Waals surface area contributed by atoms with Gasteiger partial charge in [0.05, 0.1) is 6.10 Å². The SMILES string of the molecule is OC(CC=C=C1CCCCC1)c1ccccc1. The second-order valence-corrected chi connectivity index (χ2v) is 4.67. The largest absolute Gasteiger partial charge is 0.388 e. The minimum absolute atomic E-state index is 0.395. The Morgan fingerprint density at radius 1 is 1.12 bits per heavy atom. The molecule has 0 amide bonds. The van der Waals surface area contributed by atoms with Gasteiger partial charge in [0.1, 0.15) is 0 Å². The highest BCUT2D eigenvalue weighted by molar-refractivity contribution is 5.18. The minimum atomic E-state index is -0.395. The molecule has 1 N–H and O–H groups in total. The van der Waals surface area contributed by atoms with Crippen LogP contribution in [0.15, 0.2) is 47.7 Å². The molecule has 1 unspecified atom stereocenters. The molecule has 0 bridgehead atoms. The molecule has 2 rings (SSSR count). The third-order valence-electron chi connectivity index (χ3n) is 3.29. The fourth-order valence-corrected chi connectivity index (χ4v) is 2.25. The lowest BCUT2D eigenvalue weighted by atomic mass is 9.95. The van der Waals surface area contributed by atoms with Gasteiger partial charge in [-0.1, -0.05) is 36.8 Å². The van der Waals surface area contributed by atoms with Crippen LogP contribution < -0.4 is 0 Å². The second kappa shape index (κ2) is 6.44. The summed E-state index contributed by atoms with van der Waals surface area (Å²) in [5.74, 6) is 0. The molecule has 1 fully saturated rings. The molecule has 0 spiro atoms. The van der Waals surface area contributed by atoms with Gasteiger partial charge in [0.2, 0.25) is 0 Å². The van der Waals surface area contributed by atoms with Crippen molar-refractivity contribution in [2.75, 3.05) is 0 Å². The first-order valence-corrected chi connectivity index (χ1v) is 6.52. The smallest absolute Gasteiger partial charge is 0.0830 e. The zero-order valence-corrected chi connectivity index (χ0v) is 10.2. The molecule has 0 radical (unpaired) electrons. The summed E-state index contributed by atoms with van der Waals surface area (Å²) in [6.07, 6.45) is 8.61. The highest BCUT2D eigenvalue weighted by Gasteiger charge is 2.05.